The first-order valence-corrected chi connectivity index (χ1v) is 8.81. The van der Waals surface area contributed by atoms with Crippen LogP contribution in [0.25, 0.3) is 0 Å². The van der Waals surface area contributed by atoms with Gasteiger partial charge in [-0.05, 0) is 24.6 Å². The van der Waals surface area contributed by atoms with Crippen molar-refractivity contribution in [3.63, 3.8) is 0 Å². The van der Waals surface area contributed by atoms with Gasteiger partial charge >= 0.3 is 0 Å². The summed E-state index contributed by atoms with van der Waals surface area (Å²) in [5, 5.41) is 3.14. The van der Waals surface area contributed by atoms with Gasteiger partial charge in [0.1, 0.15) is 23.2 Å². The van der Waals surface area contributed by atoms with E-state index in [1.807, 2.05) is 0 Å². The molecule has 3 rings (SSSR count). The van der Waals surface area contributed by atoms with E-state index in [4.69, 9.17) is 0 Å². The molecular weight excluding hydrogens is 349 g/mol. The van der Waals surface area contributed by atoms with Crippen molar-refractivity contribution in [2.45, 2.75) is 20.4 Å². The Labute approximate surface area is 157 Å². The number of amides is 2. The van der Waals surface area contributed by atoms with Gasteiger partial charge in [0.15, 0.2) is 0 Å². The van der Waals surface area contributed by atoms with Gasteiger partial charge in [-0.2, -0.15) is 0 Å². The van der Waals surface area contributed by atoms with Gasteiger partial charge in [-0.3, -0.25) is 9.59 Å². The molecule has 142 valence electrons. The van der Waals surface area contributed by atoms with E-state index in [1.54, 1.807) is 34.9 Å². The Morgan fingerprint density at radius 1 is 1.07 bits per heavy atom. The Morgan fingerprint density at radius 2 is 1.70 bits per heavy atom. The second-order valence-corrected chi connectivity index (χ2v) is 6.46. The molecule has 8 heteroatoms. The zero-order chi connectivity index (χ0) is 19.4. The number of aromatic nitrogens is 2. The Morgan fingerprint density at radius 3 is 2.33 bits per heavy atom. The molecule has 1 aromatic carbocycles. The summed E-state index contributed by atoms with van der Waals surface area (Å²) in [7, 11) is 0. The summed E-state index contributed by atoms with van der Waals surface area (Å²) in [4.78, 5) is 36.2. The minimum atomic E-state index is -0.283. The molecule has 0 radical (unpaired) electrons. The van der Waals surface area contributed by atoms with E-state index in [9.17, 15) is 14.0 Å². The van der Waals surface area contributed by atoms with Crippen LogP contribution in [0.15, 0.2) is 30.3 Å². The highest BCUT2D eigenvalue weighted by Gasteiger charge is 2.24. The summed E-state index contributed by atoms with van der Waals surface area (Å²) < 4.78 is 13.0. The maximum atomic E-state index is 13.0. The molecule has 2 aromatic rings. The number of rotatable bonds is 4. The second kappa shape index (κ2) is 8.11. The van der Waals surface area contributed by atoms with Gasteiger partial charge in [0.05, 0.1) is 0 Å². The summed E-state index contributed by atoms with van der Waals surface area (Å²) in [6.45, 7) is 5.75. The number of hydrogen-bond acceptors (Lipinski definition) is 5. The molecule has 0 aliphatic carbocycles. The van der Waals surface area contributed by atoms with Crippen LogP contribution in [0.5, 0.6) is 0 Å². The zero-order valence-corrected chi connectivity index (χ0v) is 15.4. The third-order valence-electron chi connectivity index (χ3n) is 4.46. The lowest BCUT2D eigenvalue weighted by Gasteiger charge is -2.34. The smallest absolute Gasteiger partial charge is 0.272 e. The van der Waals surface area contributed by atoms with E-state index in [0.29, 0.717) is 50.1 Å². The summed E-state index contributed by atoms with van der Waals surface area (Å²) in [5.41, 5.74) is 1.22. The quantitative estimate of drug-likeness (QED) is 0.887. The minimum Gasteiger partial charge on any atom is -0.366 e. The van der Waals surface area contributed by atoms with Crippen LogP contribution in [0.3, 0.4) is 0 Å². The molecule has 0 spiro atoms. The topological polar surface area (TPSA) is 78.4 Å². The highest BCUT2D eigenvalue weighted by molar-refractivity contribution is 5.93. The van der Waals surface area contributed by atoms with Gasteiger partial charge in [-0.15, -0.1) is 0 Å². The van der Waals surface area contributed by atoms with Crippen molar-refractivity contribution >= 4 is 17.6 Å². The molecule has 1 aliphatic rings. The molecule has 0 bridgehead atoms. The number of nitrogens with zero attached hydrogens (tertiary/aromatic N) is 4. The van der Waals surface area contributed by atoms with Crippen LogP contribution < -0.4 is 5.32 Å². The number of benzene rings is 1. The lowest BCUT2D eigenvalue weighted by molar-refractivity contribution is -0.130. The fraction of sp³-hybridized carbons (Fsp3) is 0.368. The van der Waals surface area contributed by atoms with Crippen molar-refractivity contribution < 1.29 is 14.0 Å². The van der Waals surface area contributed by atoms with Gasteiger partial charge in [0.25, 0.3) is 5.91 Å². The average molecular weight is 371 g/mol. The number of carbonyl (C=O) groups excluding carboxylic acids is 2. The predicted octanol–water partition coefficient (Wildman–Crippen LogP) is 1.84. The molecular formula is C19H22FN5O2. The van der Waals surface area contributed by atoms with Crippen LogP contribution in [-0.4, -0.2) is 57.8 Å². The maximum absolute atomic E-state index is 13.0. The largest absolute Gasteiger partial charge is 0.366 e. The fourth-order valence-corrected chi connectivity index (χ4v) is 2.95. The standard InChI is InChI=1S/C19H22FN5O2/c1-13-22-17(19(27)25-9-7-24(8-10-25)14(2)26)11-18(23-13)21-12-15-3-5-16(20)6-4-15/h3-6,11H,7-10,12H2,1-2H3,(H,21,22,23). The number of anilines is 1. The fourth-order valence-electron chi connectivity index (χ4n) is 2.95. The Kier molecular flexibility index (Phi) is 5.63. The molecule has 1 N–H and O–H groups in total. The number of carbonyl (C=O) groups is 2. The average Bonchev–Trinajstić information content (AvgIpc) is 2.66. The van der Waals surface area contributed by atoms with Crippen LogP contribution >= 0.6 is 0 Å². The minimum absolute atomic E-state index is 0.0206. The Balaban J connectivity index is 1.66. The third-order valence-corrected chi connectivity index (χ3v) is 4.46. The van der Waals surface area contributed by atoms with Crippen molar-refractivity contribution in [1.29, 1.82) is 0 Å². The highest BCUT2D eigenvalue weighted by atomic mass is 19.1. The molecule has 1 aromatic heterocycles. The first kappa shape index (κ1) is 18.8. The van der Waals surface area contributed by atoms with E-state index in [1.165, 1.54) is 19.1 Å². The Bertz CT molecular complexity index is 832. The second-order valence-electron chi connectivity index (χ2n) is 6.46. The lowest BCUT2D eigenvalue weighted by Crippen LogP contribution is -2.50. The van der Waals surface area contributed by atoms with Crippen LogP contribution in [0.1, 0.15) is 28.8 Å². The third kappa shape index (κ3) is 4.78. The van der Waals surface area contributed by atoms with E-state index < -0.39 is 0 Å². The lowest BCUT2D eigenvalue weighted by atomic mass is 10.2. The van der Waals surface area contributed by atoms with E-state index in [2.05, 4.69) is 15.3 Å². The molecule has 27 heavy (non-hydrogen) atoms. The van der Waals surface area contributed by atoms with Gasteiger partial charge < -0.3 is 15.1 Å². The number of piperazine rings is 1. The van der Waals surface area contributed by atoms with Gasteiger partial charge in [-0.1, -0.05) is 12.1 Å². The molecule has 1 aliphatic heterocycles. The SMILES string of the molecule is CC(=O)N1CCN(C(=O)c2cc(NCc3ccc(F)cc3)nc(C)n2)CC1. The molecule has 2 heterocycles. The summed E-state index contributed by atoms with van der Waals surface area (Å²) in [6.07, 6.45) is 0. The van der Waals surface area contributed by atoms with Crippen LogP contribution in [-0.2, 0) is 11.3 Å². The molecule has 0 atom stereocenters. The molecule has 1 saturated heterocycles. The van der Waals surface area contributed by atoms with E-state index in [0.717, 1.165) is 5.56 Å². The number of halogens is 1. The van der Waals surface area contributed by atoms with Crippen molar-refractivity contribution in [2.75, 3.05) is 31.5 Å². The van der Waals surface area contributed by atoms with Crippen molar-refractivity contribution in [3.8, 4) is 0 Å². The zero-order valence-electron chi connectivity index (χ0n) is 15.4. The van der Waals surface area contributed by atoms with Gasteiger partial charge in [-0.25, -0.2) is 14.4 Å². The first-order valence-electron chi connectivity index (χ1n) is 8.81. The number of hydrogen-bond donors (Lipinski definition) is 1. The number of nitrogens with one attached hydrogen (secondary N) is 1. The summed E-state index contributed by atoms with van der Waals surface area (Å²) in [5.74, 6) is 0.595. The molecule has 2 amide bonds. The van der Waals surface area contributed by atoms with Crippen molar-refractivity contribution in [2.24, 2.45) is 0 Å². The molecule has 1 fully saturated rings. The normalized spacial score (nSPS) is 14.2. The molecule has 7 nitrogen and oxygen atoms in total. The monoisotopic (exact) mass is 371 g/mol. The van der Waals surface area contributed by atoms with Crippen LogP contribution in [0, 0.1) is 12.7 Å². The predicted molar refractivity (Wildman–Crippen MR) is 98.7 cm³/mol. The highest BCUT2D eigenvalue weighted by Crippen LogP contribution is 2.13. The summed E-state index contributed by atoms with van der Waals surface area (Å²) in [6, 6.07) is 7.81. The van der Waals surface area contributed by atoms with Crippen LogP contribution in [0.2, 0.25) is 0 Å². The maximum Gasteiger partial charge on any atom is 0.272 e. The van der Waals surface area contributed by atoms with Gasteiger partial charge in [0, 0.05) is 45.7 Å². The molecule has 0 saturated carbocycles. The molecule has 0 unspecified atom stereocenters. The van der Waals surface area contributed by atoms with E-state index >= 15 is 0 Å². The van der Waals surface area contributed by atoms with Crippen LogP contribution in [0.4, 0.5) is 10.2 Å². The van der Waals surface area contributed by atoms with Gasteiger partial charge in [0.2, 0.25) is 5.91 Å². The number of aryl methyl sites for hydroxylation is 1. The van der Waals surface area contributed by atoms with Crippen molar-refractivity contribution in [1.82, 2.24) is 19.8 Å². The summed E-state index contributed by atoms with van der Waals surface area (Å²) >= 11 is 0. The Hall–Kier alpha value is -3.03. The first-order chi connectivity index (χ1) is 12.9. The van der Waals surface area contributed by atoms with Crippen molar-refractivity contribution in [3.05, 3.63) is 53.2 Å². The van der Waals surface area contributed by atoms with E-state index in [-0.39, 0.29) is 17.6 Å².